The van der Waals surface area contributed by atoms with Gasteiger partial charge in [0, 0.05) is 37.5 Å². The summed E-state index contributed by atoms with van der Waals surface area (Å²) in [6.45, 7) is 4.41. The summed E-state index contributed by atoms with van der Waals surface area (Å²) >= 11 is 0. The molecule has 2 aliphatic heterocycles. The zero-order valence-electron chi connectivity index (χ0n) is 18.9. The number of amides is 1. The number of piperidine rings is 1. The second kappa shape index (κ2) is 8.81. The molecule has 1 amide bonds. The number of carbonyl (C=O) groups excluding carboxylic acids is 1. The van der Waals surface area contributed by atoms with Crippen LogP contribution in [0.4, 0.5) is 19.0 Å². The maximum absolute atomic E-state index is 13.4. The number of rotatable bonds is 4. The van der Waals surface area contributed by atoms with Crippen LogP contribution in [0.1, 0.15) is 59.8 Å². The number of para-hydroxylation sites is 1. The zero-order valence-corrected chi connectivity index (χ0v) is 18.9. The second-order valence-corrected chi connectivity index (χ2v) is 8.87. The smallest absolute Gasteiger partial charge is 0.405 e. The minimum absolute atomic E-state index is 0.110. The molecule has 1 aromatic carbocycles. The highest BCUT2D eigenvalue weighted by Crippen LogP contribution is 2.35. The number of fused-ring (bicyclic) bond motifs is 1. The van der Waals surface area contributed by atoms with E-state index >= 15 is 0 Å². The first-order valence-corrected chi connectivity index (χ1v) is 11.6. The summed E-state index contributed by atoms with van der Waals surface area (Å²) in [6, 6.07) is 7.01. The predicted octanol–water partition coefficient (Wildman–Crippen LogP) is 4.90. The fraction of sp³-hybridized carbons (Fsp3) is 0.458. The number of alkyl halides is 3. The first-order valence-electron chi connectivity index (χ1n) is 11.6. The number of aryl methyl sites for hydroxylation is 1. The molecule has 180 valence electrons. The summed E-state index contributed by atoms with van der Waals surface area (Å²) in [5, 5.41) is 4.70. The third kappa shape index (κ3) is 4.41. The van der Waals surface area contributed by atoms with Gasteiger partial charge in [-0.25, -0.2) is 9.50 Å². The molecule has 10 heteroatoms. The Morgan fingerprint density at radius 2 is 1.82 bits per heavy atom. The molecule has 1 atom stereocenters. The summed E-state index contributed by atoms with van der Waals surface area (Å²) in [5.41, 5.74) is 2.30. The number of anilines is 1. The number of likely N-dealkylation sites (tertiary alicyclic amines) is 1. The molecule has 2 saturated heterocycles. The van der Waals surface area contributed by atoms with Gasteiger partial charge in [-0.2, -0.15) is 5.10 Å². The summed E-state index contributed by atoms with van der Waals surface area (Å²) in [4.78, 5) is 22.1. The van der Waals surface area contributed by atoms with E-state index in [0.717, 1.165) is 56.2 Å². The Morgan fingerprint density at radius 1 is 1.09 bits per heavy atom. The van der Waals surface area contributed by atoms with E-state index in [0.29, 0.717) is 24.3 Å². The lowest BCUT2D eigenvalue weighted by molar-refractivity contribution is -0.274. The zero-order chi connectivity index (χ0) is 23.9. The van der Waals surface area contributed by atoms with Crippen LogP contribution in [0.25, 0.3) is 5.65 Å². The maximum Gasteiger partial charge on any atom is 0.573 e. The van der Waals surface area contributed by atoms with Gasteiger partial charge < -0.3 is 14.5 Å². The number of benzene rings is 1. The van der Waals surface area contributed by atoms with Crippen LogP contribution in [-0.4, -0.2) is 51.4 Å². The third-order valence-corrected chi connectivity index (χ3v) is 6.48. The molecule has 2 aliphatic rings. The van der Waals surface area contributed by atoms with Gasteiger partial charge >= 0.3 is 6.36 Å². The number of hydrogen-bond donors (Lipinski definition) is 0. The molecule has 2 fully saturated rings. The molecule has 0 saturated carbocycles. The normalized spacial score (nSPS) is 19.1. The topological polar surface area (TPSA) is 63.0 Å². The molecular formula is C24H26F3N5O2. The van der Waals surface area contributed by atoms with Crippen molar-refractivity contribution in [1.82, 2.24) is 19.5 Å². The van der Waals surface area contributed by atoms with Gasteiger partial charge in [0.1, 0.15) is 11.6 Å². The van der Waals surface area contributed by atoms with Crippen LogP contribution in [0.2, 0.25) is 0 Å². The Bertz CT molecular complexity index is 1200. The highest BCUT2D eigenvalue weighted by Gasteiger charge is 2.36. The predicted molar refractivity (Wildman–Crippen MR) is 120 cm³/mol. The average molecular weight is 473 g/mol. The number of halogens is 3. The number of carbonyl (C=O) groups is 1. The van der Waals surface area contributed by atoms with Gasteiger partial charge in [-0.3, -0.25) is 4.79 Å². The van der Waals surface area contributed by atoms with Crippen LogP contribution in [0.15, 0.2) is 36.5 Å². The maximum atomic E-state index is 13.4. The second-order valence-electron chi connectivity index (χ2n) is 8.87. The van der Waals surface area contributed by atoms with Gasteiger partial charge in [0.2, 0.25) is 0 Å². The van der Waals surface area contributed by atoms with Gasteiger partial charge in [0.05, 0.1) is 17.3 Å². The molecule has 1 unspecified atom stereocenters. The Labute approximate surface area is 195 Å². The molecule has 5 rings (SSSR count). The summed E-state index contributed by atoms with van der Waals surface area (Å²) < 4.78 is 44.5. The first kappa shape index (κ1) is 22.5. The van der Waals surface area contributed by atoms with E-state index in [4.69, 9.17) is 10.1 Å². The standard InChI is InChI=1S/C24H26F3N5O2/c1-16-15-32-21(28-22(16)30-11-6-7-12-30)14-18(29-32)19-9-4-5-13-31(19)23(33)17-8-2-3-10-20(17)34-24(25,26)27/h2-3,8,10,14-15,19H,4-7,9,11-13H2,1H3. The van der Waals surface area contributed by atoms with Gasteiger partial charge in [-0.15, -0.1) is 13.2 Å². The van der Waals surface area contributed by atoms with E-state index in [2.05, 4.69) is 9.64 Å². The Morgan fingerprint density at radius 3 is 2.59 bits per heavy atom. The molecule has 4 heterocycles. The molecule has 0 N–H and O–H groups in total. The lowest BCUT2D eigenvalue weighted by Crippen LogP contribution is -2.39. The van der Waals surface area contributed by atoms with Crippen LogP contribution < -0.4 is 9.64 Å². The fourth-order valence-electron chi connectivity index (χ4n) is 4.92. The molecule has 34 heavy (non-hydrogen) atoms. The molecule has 0 bridgehead atoms. The van der Waals surface area contributed by atoms with E-state index in [1.807, 2.05) is 19.2 Å². The lowest BCUT2D eigenvalue weighted by atomic mass is 9.98. The number of aromatic nitrogens is 3. The van der Waals surface area contributed by atoms with E-state index < -0.39 is 18.0 Å². The van der Waals surface area contributed by atoms with E-state index in [9.17, 15) is 18.0 Å². The Kier molecular flexibility index (Phi) is 5.83. The molecule has 0 radical (unpaired) electrons. The van der Waals surface area contributed by atoms with Crippen molar-refractivity contribution in [3.8, 4) is 5.75 Å². The summed E-state index contributed by atoms with van der Waals surface area (Å²) in [6.07, 6.45) is 1.71. The fourth-order valence-corrected chi connectivity index (χ4v) is 4.92. The van der Waals surface area contributed by atoms with Crippen LogP contribution >= 0.6 is 0 Å². The molecule has 2 aromatic heterocycles. The van der Waals surface area contributed by atoms with Gasteiger partial charge in [-0.05, 0) is 51.2 Å². The van der Waals surface area contributed by atoms with E-state index in [1.165, 1.54) is 18.2 Å². The van der Waals surface area contributed by atoms with Gasteiger partial charge in [-0.1, -0.05) is 12.1 Å². The van der Waals surface area contributed by atoms with Crippen molar-refractivity contribution in [3.05, 3.63) is 53.3 Å². The average Bonchev–Trinajstić information content (AvgIpc) is 3.47. The van der Waals surface area contributed by atoms with Crippen molar-refractivity contribution in [2.75, 3.05) is 24.5 Å². The molecule has 0 spiro atoms. The van der Waals surface area contributed by atoms with Gasteiger partial charge in [0.15, 0.2) is 5.65 Å². The van der Waals surface area contributed by atoms with Crippen LogP contribution in [0.5, 0.6) is 5.75 Å². The van der Waals surface area contributed by atoms with Gasteiger partial charge in [0.25, 0.3) is 5.91 Å². The van der Waals surface area contributed by atoms with Crippen molar-refractivity contribution in [2.45, 2.75) is 51.4 Å². The van der Waals surface area contributed by atoms with Crippen LogP contribution in [0, 0.1) is 6.92 Å². The molecule has 3 aromatic rings. The van der Waals surface area contributed by atoms with Crippen LogP contribution in [-0.2, 0) is 0 Å². The summed E-state index contributed by atoms with van der Waals surface area (Å²) in [5.74, 6) is -0.0402. The number of nitrogens with zero attached hydrogens (tertiary/aromatic N) is 5. The quantitative estimate of drug-likeness (QED) is 0.539. The Balaban J connectivity index is 1.47. The molecule has 0 aliphatic carbocycles. The molecule has 7 nitrogen and oxygen atoms in total. The minimum Gasteiger partial charge on any atom is -0.405 e. The highest BCUT2D eigenvalue weighted by molar-refractivity contribution is 5.97. The highest BCUT2D eigenvalue weighted by atomic mass is 19.4. The van der Waals surface area contributed by atoms with Crippen molar-refractivity contribution in [1.29, 1.82) is 0 Å². The van der Waals surface area contributed by atoms with Crippen molar-refractivity contribution < 1.29 is 22.7 Å². The van der Waals surface area contributed by atoms with Crippen molar-refractivity contribution in [2.24, 2.45) is 0 Å². The minimum atomic E-state index is -4.88. The number of hydrogen-bond acceptors (Lipinski definition) is 5. The SMILES string of the molecule is Cc1cn2nc(C3CCCCN3C(=O)c3ccccc3OC(F)(F)F)cc2nc1N1CCCC1. The molecular weight excluding hydrogens is 447 g/mol. The third-order valence-electron chi connectivity index (χ3n) is 6.48. The lowest BCUT2D eigenvalue weighted by Gasteiger charge is -2.35. The van der Waals surface area contributed by atoms with E-state index in [1.54, 1.807) is 9.42 Å². The van der Waals surface area contributed by atoms with E-state index in [-0.39, 0.29) is 11.6 Å². The largest absolute Gasteiger partial charge is 0.573 e. The van der Waals surface area contributed by atoms with Crippen molar-refractivity contribution in [3.63, 3.8) is 0 Å². The van der Waals surface area contributed by atoms with Crippen LogP contribution in [0.3, 0.4) is 0 Å². The van der Waals surface area contributed by atoms with Crippen molar-refractivity contribution >= 4 is 17.4 Å². The monoisotopic (exact) mass is 473 g/mol. The first-order chi connectivity index (χ1) is 16.3. The Hall–Kier alpha value is -3.30. The number of ether oxygens (including phenoxy) is 1. The summed E-state index contributed by atoms with van der Waals surface area (Å²) in [7, 11) is 0.